The van der Waals surface area contributed by atoms with Gasteiger partial charge in [-0.1, -0.05) is 19.9 Å². The van der Waals surface area contributed by atoms with Crippen molar-refractivity contribution >= 4 is 5.69 Å². The number of benzene rings is 1. The minimum atomic E-state index is 0.179. The van der Waals surface area contributed by atoms with Crippen LogP contribution in [0.2, 0.25) is 0 Å². The lowest BCUT2D eigenvalue weighted by molar-refractivity contribution is 0.157. The van der Waals surface area contributed by atoms with Crippen LogP contribution in [0.5, 0.6) is 0 Å². The molecule has 0 heterocycles. The minimum absolute atomic E-state index is 0.179. The number of anilines is 1. The second-order valence-electron chi connectivity index (χ2n) is 4.95. The van der Waals surface area contributed by atoms with Gasteiger partial charge in [-0.3, -0.25) is 0 Å². The molecule has 1 N–H and O–H groups in total. The van der Waals surface area contributed by atoms with Crippen LogP contribution >= 0.6 is 0 Å². The first-order chi connectivity index (χ1) is 8.07. The zero-order valence-electron chi connectivity index (χ0n) is 10.8. The molecule has 0 radical (unpaired) electrons. The second kappa shape index (κ2) is 6.27. The van der Waals surface area contributed by atoms with Crippen molar-refractivity contribution in [1.29, 1.82) is 5.26 Å². The predicted molar refractivity (Wildman–Crippen MR) is 69.9 cm³/mol. The van der Waals surface area contributed by atoms with Gasteiger partial charge in [0, 0.05) is 25.9 Å². The molecule has 0 fully saturated rings. The zero-order valence-corrected chi connectivity index (χ0v) is 10.8. The first-order valence-corrected chi connectivity index (χ1v) is 5.80. The maximum atomic E-state index is 8.81. The number of ether oxygens (including phenoxy) is 1. The molecule has 0 bridgehead atoms. The molecule has 0 atom stereocenters. The van der Waals surface area contributed by atoms with E-state index in [1.165, 1.54) is 0 Å². The standard InChI is InChI=1S/C14H20N2O/c1-14(2,7-8-17-3)11-16-13-6-4-5-12(9-13)10-15/h4-6,9,16H,7-8,11H2,1-3H3. The summed E-state index contributed by atoms with van der Waals surface area (Å²) in [7, 11) is 1.72. The van der Waals surface area contributed by atoms with E-state index < -0.39 is 0 Å². The monoisotopic (exact) mass is 232 g/mol. The smallest absolute Gasteiger partial charge is 0.0992 e. The van der Waals surface area contributed by atoms with Gasteiger partial charge < -0.3 is 10.1 Å². The van der Waals surface area contributed by atoms with Crippen LogP contribution in [0.1, 0.15) is 25.8 Å². The lowest BCUT2D eigenvalue weighted by Gasteiger charge is -2.25. The number of nitriles is 1. The van der Waals surface area contributed by atoms with Crippen molar-refractivity contribution in [2.24, 2.45) is 5.41 Å². The van der Waals surface area contributed by atoms with E-state index in [4.69, 9.17) is 10.00 Å². The maximum Gasteiger partial charge on any atom is 0.0992 e. The van der Waals surface area contributed by atoms with E-state index in [1.807, 2.05) is 18.2 Å². The van der Waals surface area contributed by atoms with Gasteiger partial charge in [-0.25, -0.2) is 0 Å². The van der Waals surface area contributed by atoms with E-state index in [1.54, 1.807) is 13.2 Å². The Balaban J connectivity index is 2.52. The number of hydrogen-bond donors (Lipinski definition) is 1. The minimum Gasteiger partial charge on any atom is -0.385 e. The van der Waals surface area contributed by atoms with Crippen molar-refractivity contribution in [3.63, 3.8) is 0 Å². The van der Waals surface area contributed by atoms with Crippen LogP contribution in [-0.2, 0) is 4.74 Å². The quantitative estimate of drug-likeness (QED) is 0.820. The Labute approximate surface area is 103 Å². The van der Waals surface area contributed by atoms with Crippen molar-refractivity contribution in [1.82, 2.24) is 0 Å². The fraction of sp³-hybridized carbons (Fsp3) is 0.500. The highest BCUT2D eigenvalue weighted by Crippen LogP contribution is 2.21. The van der Waals surface area contributed by atoms with E-state index in [0.717, 1.165) is 25.3 Å². The number of rotatable bonds is 6. The molecule has 0 aliphatic carbocycles. The summed E-state index contributed by atoms with van der Waals surface area (Å²) in [6.45, 7) is 6.04. The van der Waals surface area contributed by atoms with Crippen molar-refractivity contribution in [3.05, 3.63) is 29.8 Å². The molecule has 1 aromatic rings. The van der Waals surface area contributed by atoms with Crippen LogP contribution in [0.15, 0.2) is 24.3 Å². The average molecular weight is 232 g/mol. The lowest BCUT2D eigenvalue weighted by Crippen LogP contribution is -2.24. The Kier molecular flexibility index (Phi) is 4.99. The van der Waals surface area contributed by atoms with Crippen LogP contribution in [0.3, 0.4) is 0 Å². The fourth-order valence-corrected chi connectivity index (χ4v) is 1.51. The van der Waals surface area contributed by atoms with Crippen LogP contribution in [0, 0.1) is 16.7 Å². The van der Waals surface area contributed by atoms with Gasteiger partial charge in [0.2, 0.25) is 0 Å². The summed E-state index contributed by atoms with van der Waals surface area (Å²) < 4.78 is 5.10. The summed E-state index contributed by atoms with van der Waals surface area (Å²) in [6.07, 6.45) is 1.01. The molecule has 0 unspecified atom stereocenters. The Morgan fingerprint density at radius 1 is 1.41 bits per heavy atom. The molecular weight excluding hydrogens is 212 g/mol. The van der Waals surface area contributed by atoms with Crippen molar-refractivity contribution in [2.45, 2.75) is 20.3 Å². The van der Waals surface area contributed by atoms with Crippen molar-refractivity contribution in [3.8, 4) is 6.07 Å². The van der Waals surface area contributed by atoms with Crippen molar-refractivity contribution < 1.29 is 4.74 Å². The van der Waals surface area contributed by atoms with Gasteiger partial charge >= 0.3 is 0 Å². The molecule has 0 saturated heterocycles. The van der Waals surface area contributed by atoms with Crippen LogP contribution < -0.4 is 5.32 Å². The van der Waals surface area contributed by atoms with Crippen LogP contribution in [-0.4, -0.2) is 20.3 Å². The normalized spacial score (nSPS) is 10.9. The Bertz CT molecular complexity index is 393. The topological polar surface area (TPSA) is 45.0 Å². The Morgan fingerprint density at radius 2 is 2.18 bits per heavy atom. The molecule has 92 valence electrons. The van der Waals surface area contributed by atoms with Gasteiger partial charge in [-0.2, -0.15) is 5.26 Å². The number of nitrogens with zero attached hydrogens (tertiary/aromatic N) is 1. The molecule has 0 saturated carbocycles. The SMILES string of the molecule is COCCC(C)(C)CNc1cccc(C#N)c1. The van der Waals surface area contributed by atoms with E-state index in [2.05, 4.69) is 25.2 Å². The summed E-state index contributed by atoms with van der Waals surface area (Å²) in [5.41, 5.74) is 1.86. The largest absolute Gasteiger partial charge is 0.385 e. The molecule has 0 aliphatic heterocycles. The van der Waals surface area contributed by atoms with Gasteiger partial charge in [0.25, 0.3) is 0 Å². The molecule has 3 nitrogen and oxygen atoms in total. The number of hydrogen-bond acceptors (Lipinski definition) is 3. The number of nitrogens with one attached hydrogen (secondary N) is 1. The van der Waals surface area contributed by atoms with E-state index in [-0.39, 0.29) is 5.41 Å². The van der Waals surface area contributed by atoms with E-state index in [9.17, 15) is 0 Å². The Morgan fingerprint density at radius 3 is 2.82 bits per heavy atom. The third-order valence-electron chi connectivity index (χ3n) is 2.75. The molecule has 0 amide bonds. The molecule has 1 rings (SSSR count). The molecule has 3 heteroatoms. The molecule has 0 aliphatic rings. The second-order valence-corrected chi connectivity index (χ2v) is 4.95. The molecule has 17 heavy (non-hydrogen) atoms. The van der Waals surface area contributed by atoms with Crippen molar-refractivity contribution in [2.75, 3.05) is 25.6 Å². The first kappa shape index (κ1) is 13.5. The van der Waals surface area contributed by atoms with Gasteiger partial charge in [-0.05, 0) is 30.0 Å². The summed E-state index contributed by atoms with van der Waals surface area (Å²) in [5, 5.41) is 12.2. The predicted octanol–water partition coefficient (Wildman–Crippen LogP) is 3.03. The molecule has 1 aromatic carbocycles. The third kappa shape index (κ3) is 4.88. The van der Waals surface area contributed by atoms with Gasteiger partial charge in [-0.15, -0.1) is 0 Å². The highest BCUT2D eigenvalue weighted by molar-refractivity contribution is 5.49. The average Bonchev–Trinajstić information content (AvgIpc) is 2.34. The maximum absolute atomic E-state index is 8.81. The third-order valence-corrected chi connectivity index (χ3v) is 2.75. The van der Waals surface area contributed by atoms with E-state index >= 15 is 0 Å². The Hall–Kier alpha value is -1.53. The summed E-state index contributed by atoms with van der Waals surface area (Å²) in [5.74, 6) is 0. The van der Waals surface area contributed by atoms with E-state index in [0.29, 0.717) is 5.56 Å². The summed E-state index contributed by atoms with van der Waals surface area (Å²) in [4.78, 5) is 0. The van der Waals surface area contributed by atoms with Gasteiger partial charge in [0.15, 0.2) is 0 Å². The highest BCUT2D eigenvalue weighted by Gasteiger charge is 2.16. The summed E-state index contributed by atoms with van der Waals surface area (Å²) in [6, 6.07) is 9.68. The molecular formula is C14H20N2O. The fourth-order valence-electron chi connectivity index (χ4n) is 1.51. The van der Waals surface area contributed by atoms with Crippen LogP contribution in [0.25, 0.3) is 0 Å². The summed E-state index contributed by atoms with van der Waals surface area (Å²) >= 11 is 0. The molecule has 0 aromatic heterocycles. The molecule has 0 spiro atoms. The zero-order chi connectivity index (χ0) is 12.7. The van der Waals surface area contributed by atoms with Gasteiger partial charge in [0.1, 0.15) is 0 Å². The number of methoxy groups -OCH3 is 1. The van der Waals surface area contributed by atoms with Crippen LogP contribution in [0.4, 0.5) is 5.69 Å². The first-order valence-electron chi connectivity index (χ1n) is 5.80. The van der Waals surface area contributed by atoms with Gasteiger partial charge in [0.05, 0.1) is 11.6 Å². The highest BCUT2D eigenvalue weighted by atomic mass is 16.5. The lowest BCUT2D eigenvalue weighted by atomic mass is 9.89.